The number of ether oxygens (including phenoxy) is 1. The lowest BCUT2D eigenvalue weighted by Gasteiger charge is -2.12. The van der Waals surface area contributed by atoms with Gasteiger partial charge >= 0.3 is 0 Å². The summed E-state index contributed by atoms with van der Waals surface area (Å²) in [5.74, 6) is 1.00. The van der Waals surface area contributed by atoms with E-state index in [-0.39, 0.29) is 5.56 Å². The smallest absolute Gasteiger partial charge is 0.274 e. The van der Waals surface area contributed by atoms with Crippen molar-refractivity contribution in [2.75, 3.05) is 13.2 Å². The molecular formula is C22H27N3O2. The van der Waals surface area contributed by atoms with Gasteiger partial charge in [0.05, 0.1) is 12.3 Å². The number of aromatic amines is 1. The van der Waals surface area contributed by atoms with Gasteiger partial charge in [-0.3, -0.25) is 9.89 Å². The molecule has 0 radical (unpaired) electrons. The van der Waals surface area contributed by atoms with Crippen molar-refractivity contribution in [1.82, 2.24) is 15.1 Å². The van der Waals surface area contributed by atoms with Gasteiger partial charge in [-0.1, -0.05) is 30.3 Å². The summed E-state index contributed by atoms with van der Waals surface area (Å²) in [7, 11) is 0. The van der Waals surface area contributed by atoms with E-state index in [9.17, 15) is 4.79 Å². The molecule has 0 aliphatic heterocycles. The summed E-state index contributed by atoms with van der Waals surface area (Å²) < 4.78 is 7.47. The number of para-hydroxylation sites is 1. The molecule has 2 N–H and O–H groups in total. The highest BCUT2D eigenvalue weighted by atomic mass is 16.5. The molecule has 0 fully saturated rings. The lowest BCUT2D eigenvalue weighted by atomic mass is 10.1. The van der Waals surface area contributed by atoms with Crippen molar-refractivity contribution in [3.05, 3.63) is 81.3 Å². The predicted molar refractivity (Wildman–Crippen MR) is 109 cm³/mol. The quantitative estimate of drug-likeness (QED) is 0.599. The first-order valence-corrected chi connectivity index (χ1v) is 9.32. The molecule has 27 heavy (non-hydrogen) atoms. The van der Waals surface area contributed by atoms with Gasteiger partial charge in [-0.05, 0) is 62.6 Å². The van der Waals surface area contributed by atoms with Crippen molar-refractivity contribution < 1.29 is 4.74 Å². The van der Waals surface area contributed by atoms with Crippen LogP contribution in [0.3, 0.4) is 0 Å². The molecule has 0 unspecified atom stereocenters. The van der Waals surface area contributed by atoms with Crippen molar-refractivity contribution >= 4 is 0 Å². The van der Waals surface area contributed by atoms with Gasteiger partial charge in [-0.25, -0.2) is 4.68 Å². The molecule has 3 aromatic rings. The average Bonchev–Trinajstić information content (AvgIpc) is 2.99. The zero-order valence-electron chi connectivity index (χ0n) is 16.2. The molecule has 0 saturated heterocycles. The fourth-order valence-corrected chi connectivity index (χ4v) is 3.04. The summed E-state index contributed by atoms with van der Waals surface area (Å²) >= 11 is 0. The highest BCUT2D eigenvalue weighted by Crippen LogP contribution is 2.22. The second-order valence-electron chi connectivity index (χ2n) is 6.86. The Labute approximate surface area is 160 Å². The van der Waals surface area contributed by atoms with Gasteiger partial charge < -0.3 is 10.1 Å². The average molecular weight is 365 g/mol. The van der Waals surface area contributed by atoms with Crippen LogP contribution in [0.2, 0.25) is 0 Å². The number of aryl methyl sites for hydroxylation is 3. The lowest BCUT2D eigenvalue weighted by Crippen LogP contribution is -2.18. The number of nitrogens with one attached hydrogen (secondary N) is 2. The molecule has 0 atom stereocenters. The second kappa shape index (κ2) is 8.73. The first-order valence-electron chi connectivity index (χ1n) is 9.32. The fourth-order valence-electron chi connectivity index (χ4n) is 3.04. The van der Waals surface area contributed by atoms with Gasteiger partial charge in [0.1, 0.15) is 5.75 Å². The van der Waals surface area contributed by atoms with Gasteiger partial charge in [0.25, 0.3) is 5.56 Å². The maximum absolute atomic E-state index is 12.0. The molecule has 0 saturated carbocycles. The van der Waals surface area contributed by atoms with Gasteiger partial charge in [0, 0.05) is 18.3 Å². The number of aromatic nitrogens is 2. The zero-order chi connectivity index (χ0) is 19.2. The third kappa shape index (κ3) is 4.68. The lowest BCUT2D eigenvalue weighted by molar-refractivity contribution is 0.304. The van der Waals surface area contributed by atoms with Crippen LogP contribution >= 0.6 is 0 Å². The SMILES string of the molecule is Cc1cccc(C)c1OCCCNCc1ccc(-n2[nH]cc(C)c2=O)cc1. The molecule has 2 aromatic carbocycles. The second-order valence-corrected chi connectivity index (χ2v) is 6.86. The van der Waals surface area contributed by atoms with Crippen molar-refractivity contribution in [3.63, 3.8) is 0 Å². The summed E-state index contributed by atoms with van der Waals surface area (Å²) in [6.07, 6.45) is 2.67. The van der Waals surface area contributed by atoms with E-state index >= 15 is 0 Å². The Balaban J connectivity index is 1.42. The molecule has 0 bridgehead atoms. The normalized spacial score (nSPS) is 10.9. The van der Waals surface area contributed by atoms with Crippen LogP contribution < -0.4 is 15.6 Å². The van der Waals surface area contributed by atoms with Crippen molar-refractivity contribution in [1.29, 1.82) is 0 Å². The first-order chi connectivity index (χ1) is 13.1. The van der Waals surface area contributed by atoms with E-state index in [2.05, 4.69) is 42.5 Å². The van der Waals surface area contributed by atoms with Crippen LogP contribution in [0.15, 0.2) is 53.5 Å². The molecular weight excluding hydrogens is 338 g/mol. The van der Waals surface area contributed by atoms with E-state index in [1.54, 1.807) is 17.8 Å². The first kappa shape index (κ1) is 19.0. The summed E-state index contributed by atoms with van der Waals surface area (Å²) in [4.78, 5) is 12.0. The topological polar surface area (TPSA) is 59.0 Å². The van der Waals surface area contributed by atoms with Crippen LogP contribution in [0.1, 0.15) is 28.7 Å². The minimum absolute atomic E-state index is 0.00948. The Hall–Kier alpha value is -2.79. The van der Waals surface area contributed by atoms with Crippen LogP contribution in [0.4, 0.5) is 0 Å². The highest BCUT2D eigenvalue weighted by Gasteiger charge is 2.04. The fraction of sp³-hybridized carbons (Fsp3) is 0.318. The molecule has 142 valence electrons. The Morgan fingerprint density at radius 1 is 1.00 bits per heavy atom. The molecule has 1 heterocycles. The monoisotopic (exact) mass is 365 g/mol. The summed E-state index contributed by atoms with van der Waals surface area (Å²) in [6.45, 7) is 8.34. The molecule has 5 nitrogen and oxygen atoms in total. The minimum atomic E-state index is -0.00948. The van der Waals surface area contributed by atoms with Crippen LogP contribution in [0, 0.1) is 20.8 Å². The molecule has 5 heteroatoms. The van der Waals surface area contributed by atoms with Gasteiger partial charge in [-0.2, -0.15) is 0 Å². The van der Waals surface area contributed by atoms with Gasteiger partial charge in [0.2, 0.25) is 0 Å². The third-order valence-electron chi connectivity index (χ3n) is 4.63. The molecule has 0 aliphatic carbocycles. The molecule has 0 amide bonds. The number of H-pyrrole nitrogens is 1. The number of rotatable bonds is 8. The summed E-state index contributed by atoms with van der Waals surface area (Å²) in [5.41, 5.74) is 5.09. The Bertz CT molecular complexity index is 919. The predicted octanol–water partition coefficient (Wildman–Crippen LogP) is 3.65. The van der Waals surface area contributed by atoms with E-state index < -0.39 is 0 Å². The molecule has 0 spiro atoms. The van der Waals surface area contributed by atoms with Crippen LogP contribution in [0.5, 0.6) is 5.75 Å². The van der Waals surface area contributed by atoms with Crippen LogP contribution in [0.25, 0.3) is 5.69 Å². The van der Waals surface area contributed by atoms with Crippen LogP contribution in [-0.2, 0) is 6.54 Å². The summed E-state index contributed by atoms with van der Waals surface area (Å²) in [6, 6.07) is 14.2. The zero-order valence-corrected chi connectivity index (χ0v) is 16.2. The van der Waals surface area contributed by atoms with Crippen molar-refractivity contribution in [3.8, 4) is 11.4 Å². The van der Waals surface area contributed by atoms with E-state index in [1.165, 1.54) is 16.7 Å². The van der Waals surface area contributed by atoms with E-state index in [4.69, 9.17) is 4.74 Å². The number of hydrogen-bond donors (Lipinski definition) is 2. The van der Waals surface area contributed by atoms with E-state index in [0.717, 1.165) is 30.9 Å². The highest BCUT2D eigenvalue weighted by molar-refractivity contribution is 5.39. The van der Waals surface area contributed by atoms with E-state index in [1.807, 2.05) is 24.3 Å². The Morgan fingerprint density at radius 3 is 2.33 bits per heavy atom. The minimum Gasteiger partial charge on any atom is -0.493 e. The largest absolute Gasteiger partial charge is 0.493 e. The Kier molecular flexibility index (Phi) is 6.14. The van der Waals surface area contributed by atoms with Gasteiger partial charge in [-0.15, -0.1) is 0 Å². The third-order valence-corrected chi connectivity index (χ3v) is 4.63. The maximum atomic E-state index is 12.0. The molecule has 3 rings (SSSR count). The molecule has 1 aromatic heterocycles. The number of benzene rings is 2. The standard InChI is InChI=1S/C22H27N3O2/c1-16-6-4-7-17(2)21(16)27-13-5-12-23-15-19-8-10-20(11-9-19)25-22(26)18(3)14-24-25/h4,6-11,14,23-24H,5,12-13,15H2,1-3H3. The number of nitrogens with zero attached hydrogens (tertiary/aromatic N) is 1. The van der Waals surface area contributed by atoms with Crippen molar-refractivity contribution in [2.24, 2.45) is 0 Å². The maximum Gasteiger partial charge on any atom is 0.274 e. The van der Waals surface area contributed by atoms with Gasteiger partial charge in [0.15, 0.2) is 0 Å². The summed E-state index contributed by atoms with van der Waals surface area (Å²) in [5, 5.41) is 6.41. The van der Waals surface area contributed by atoms with E-state index in [0.29, 0.717) is 12.2 Å². The Morgan fingerprint density at radius 2 is 1.70 bits per heavy atom. The van der Waals surface area contributed by atoms with Crippen LogP contribution in [-0.4, -0.2) is 22.9 Å². The molecule has 0 aliphatic rings. The number of hydrogen-bond acceptors (Lipinski definition) is 3. The van der Waals surface area contributed by atoms with Crippen molar-refractivity contribution in [2.45, 2.75) is 33.7 Å².